The summed E-state index contributed by atoms with van der Waals surface area (Å²) >= 11 is 0. The first-order chi connectivity index (χ1) is 15.5. The smallest absolute Gasteiger partial charge is 0.159 e. The maximum atomic E-state index is 10.1. The van der Waals surface area contributed by atoms with Crippen LogP contribution >= 0.6 is 0 Å². The molecule has 1 aliphatic heterocycles. The minimum Gasteiger partial charge on any atom is -0.497 e. The Labute approximate surface area is 188 Å². The third-order valence-corrected chi connectivity index (χ3v) is 5.88. The molecule has 2 heterocycles. The van der Waals surface area contributed by atoms with Crippen molar-refractivity contribution in [2.75, 3.05) is 38.7 Å². The van der Waals surface area contributed by atoms with Crippen molar-refractivity contribution in [3.63, 3.8) is 0 Å². The van der Waals surface area contributed by atoms with Gasteiger partial charge in [-0.15, -0.1) is 0 Å². The number of unbranched alkanes of at least 4 members (excludes halogenated alkanes) is 3. The van der Waals surface area contributed by atoms with Gasteiger partial charge in [-0.1, -0.05) is 12.8 Å². The lowest BCUT2D eigenvalue weighted by Crippen LogP contribution is -2.62. The highest BCUT2D eigenvalue weighted by molar-refractivity contribution is 5.65. The van der Waals surface area contributed by atoms with Crippen LogP contribution in [0.15, 0.2) is 36.7 Å². The molecule has 2 aromatic rings. The molecule has 4 atom stereocenters. The van der Waals surface area contributed by atoms with Gasteiger partial charge in [0.2, 0.25) is 0 Å². The molecule has 1 aliphatic rings. The number of aliphatic hydroxyl groups excluding tert-OH is 4. The quantitative estimate of drug-likeness (QED) is 0.319. The molecular formula is C23H34N4O5. The number of likely N-dealkylation sites (tertiary alicyclic amines) is 1. The number of anilines is 1. The van der Waals surface area contributed by atoms with E-state index in [0.29, 0.717) is 12.4 Å². The number of piperidine rings is 1. The molecule has 1 aromatic carbocycles. The highest BCUT2D eigenvalue weighted by Crippen LogP contribution is 2.26. The van der Waals surface area contributed by atoms with Gasteiger partial charge in [0.15, 0.2) is 5.82 Å². The molecule has 4 unspecified atom stereocenters. The van der Waals surface area contributed by atoms with E-state index in [4.69, 9.17) is 4.74 Å². The summed E-state index contributed by atoms with van der Waals surface area (Å²) in [6, 6.07) is 7.11. The van der Waals surface area contributed by atoms with E-state index in [1.165, 1.54) is 0 Å². The number of hydrogen-bond donors (Lipinski definition) is 5. The maximum absolute atomic E-state index is 10.1. The van der Waals surface area contributed by atoms with E-state index < -0.39 is 24.4 Å². The van der Waals surface area contributed by atoms with Gasteiger partial charge in [-0.3, -0.25) is 4.90 Å². The fourth-order valence-corrected chi connectivity index (χ4v) is 4.06. The maximum Gasteiger partial charge on any atom is 0.159 e. The number of aromatic nitrogens is 2. The van der Waals surface area contributed by atoms with Gasteiger partial charge < -0.3 is 30.5 Å². The number of hydrogen-bond acceptors (Lipinski definition) is 9. The monoisotopic (exact) mass is 446 g/mol. The zero-order valence-corrected chi connectivity index (χ0v) is 18.5. The number of nitrogens with zero attached hydrogens (tertiary/aromatic N) is 3. The van der Waals surface area contributed by atoms with Crippen molar-refractivity contribution in [1.29, 1.82) is 0 Å². The second kappa shape index (κ2) is 12.1. The molecule has 0 spiro atoms. The lowest BCUT2D eigenvalue weighted by molar-refractivity contribution is -0.145. The largest absolute Gasteiger partial charge is 0.497 e. The first-order valence-corrected chi connectivity index (χ1v) is 11.1. The molecule has 0 aliphatic carbocycles. The predicted molar refractivity (Wildman–Crippen MR) is 121 cm³/mol. The van der Waals surface area contributed by atoms with E-state index >= 15 is 0 Å². The van der Waals surface area contributed by atoms with Crippen molar-refractivity contribution < 1.29 is 25.2 Å². The summed E-state index contributed by atoms with van der Waals surface area (Å²) in [5.74, 6) is 1.39. The van der Waals surface area contributed by atoms with E-state index in [0.717, 1.165) is 49.2 Å². The van der Waals surface area contributed by atoms with Crippen molar-refractivity contribution in [2.24, 2.45) is 0 Å². The van der Waals surface area contributed by atoms with Gasteiger partial charge in [-0.2, -0.15) is 0 Å². The normalized spacial score (nSPS) is 23.8. The third kappa shape index (κ3) is 6.36. The molecule has 32 heavy (non-hydrogen) atoms. The second-order valence-corrected chi connectivity index (χ2v) is 8.16. The topological polar surface area (TPSA) is 131 Å². The minimum atomic E-state index is -1.21. The van der Waals surface area contributed by atoms with Crippen molar-refractivity contribution in [1.82, 2.24) is 14.9 Å². The number of aliphatic hydroxyl groups is 4. The van der Waals surface area contributed by atoms with Gasteiger partial charge in [0.1, 0.15) is 18.0 Å². The van der Waals surface area contributed by atoms with Crippen LogP contribution in [-0.2, 0) is 0 Å². The molecule has 1 fully saturated rings. The van der Waals surface area contributed by atoms with Crippen molar-refractivity contribution in [3.05, 3.63) is 36.7 Å². The third-order valence-electron chi connectivity index (χ3n) is 5.88. The summed E-state index contributed by atoms with van der Waals surface area (Å²) in [4.78, 5) is 10.5. The van der Waals surface area contributed by atoms with Crippen LogP contribution in [0.25, 0.3) is 11.4 Å². The standard InChI is InChI=1S/C23H34N4O5/c1-32-18-12-16(23-25-8-6-9-26-23)11-17(13-18)24-7-4-2-3-5-10-27-14-20(29)22(31)21(30)19(27)15-28/h6,8-9,11-13,19-22,24,28-31H,2-5,7,10,14-15H2,1H3. The summed E-state index contributed by atoms with van der Waals surface area (Å²) in [5.41, 5.74) is 1.84. The van der Waals surface area contributed by atoms with Crippen molar-refractivity contribution >= 4 is 5.69 Å². The number of rotatable bonds is 11. The molecule has 0 bridgehead atoms. The molecular weight excluding hydrogens is 412 g/mol. The molecule has 176 valence electrons. The molecule has 3 rings (SSSR count). The molecule has 0 saturated carbocycles. The molecule has 9 nitrogen and oxygen atoms in total. The molecule has 9 heteroatoms. The number of ether oxygens (including phenoxy) is 1. The Morgan fingerprint density at radius 2 is 1.78 bits per heavy atom. The molecule has 1 aromatic heterocycles. The van der Waals surface area contributed by atoms with E-state index in [9.17, 15) is 20.4 Å². The lowest BCUT2D eigenvalue weighted by atomic mass is 9.94. The van der Waals surface area contributed by atoms with E-state index in [1.54, 1.807) is 25.6 Å². The van der Waals surface area contributed by atoms with Crippen molar-refractivity contribution in [3.8, 4) is 17.1 Å². The Morgan fingerprint density at radius 3 is 2.50 bits per heavy atom. The van der Waals surface area contributed by atoms with Gasteiger partial charge in [-0.25, -0.2) is 9.97 Å². The fraction of sp³-hybridized carbons (Fsp3) is 0.565. The van der Waals surface area contributed by atoms with Crippen LogP contribution in [0.2, 0.25) is 0 Å². The van der Waals surface area contributed by atoms with Crippen LogP contribution in [0.1, 0.15) is 25.7 Å². The van der Waals surface area contributed by atoms with Crippen LogP contribution in [0.5, 0.6) is 5.75 Å². The summed E-state index contributed by atoms with van der Waals surface area (Å²) in [6.07, 6.45) is 3.98. The first kappa shape index (κ1) is 24.3. The van der Waals surface area contributed by atoms with Crippen LogP contribution in [-0.4, -0.2) is 93.0 Å². The van der Waals surface area contributed by atoms with Gasteiger partial charge >= 0.3 is 0 Å². The van der Waals surface area contributed by atoms with Crippen LogP contribution in [0.3, 0.4) is 0 Å². The highest BCUT2D eigenvalue weighted by Gasteiger charge is 2.40. The van der Waals surface area contributed by atoms with Crippen LogP contribution < -0.4 is 10.1 Å². The van der Waals surface area contributed by atoms with E-state index in [2.05, 4.69) is 15.3 Å². The first-order valence-electron chi connectivity index (χ1n) is 11.1. The summed E-state index contributed by atoms with van der Waals surface area (Å²) in [6.45, 7) is 1.49. The zero-order chi connectivity index (χ0) is 22.9. The molecule has 1 saturated heterocycles. The lowest BCUT2D eigenvalue weighted by Gasteiger charge is -2.43. The van der Waals surface area contributed by atoms with Gasteiger partial charge in [-0.05, 0) is 37.6 Å². The number of methoxy groups -OCH3 is 1. The van der Waals surface area contributed by atoms with Gasteiger partial charge in [0.25, 0.3) is 0 Å². The number of β-amino-alcohol motifs (C(OH)–C–C–N with tert-alkyl or cyclic N) is 1. The Morgan fingerprint density at radius 1 is 1.03 bits per heavy atom. The average molecular weight is 447 g/mol. The molecule has 0 radical (unpaired) electrons. The SMILES string of the molecule is COc1cc(NCCCCCCN2CC(O)C(O)C(O)C2CO)cc(-c2ncccn2)c1. The minimum absolute atomic E-state index is 0.245. The number of benzene rings is 1. The molecule has 5 N–H and O–H groups in total. The summed E-state index contributed by atoms with van der Waals surface area (Å²) < 4.78 is 5.40. The van der Waals surface area contributed by atoms with Crippen LogP contribution in [0, 0.1) is 0 Å². The average Bonchev–Trinajstić information content (AvgIpc) is 2.82. The predicted octanol–water partition coefficient (Wildman–Crippen LogP) is 0.884. The summed E-state index contributed by atoms with van der Waals surface area (Å²) in [5, 5.41) is 42.7. The number of nitrogens with one attached hydrogen (secondary N) is 1. The highest BCUT2D eigenvalue weighted by atomic mass is 16.5. The van der Waals surface area contributed by atoms with Gasteiger partial charge in [0.05, 0.1) is 25.9 Å². The zero-order valence-electron chi connectivity index (χ0n) is 18.5. The fourth-order valence-electron chi connectivity index (χ4n) is 4.06. The Balaban J connectivity index is 1.40. The van der Waals surface area contributed by atoms with Crippen molar-refractivity contribution in [2.45, 2.75) is 50.0 Å². The Hall–Kier alpha value is -2.30. The Kier molecular flexibility index (Phi) is 9.19. The second-order valence-electron chi connectivity index (χ2n) is 8.16. The van der Waals surface area contributed by atoms with E-state index in [-0.39, 0.29) is 13.2 Å². The van der Waals surface area contributed by atoms with Gasteiger partial charge in [0, 0.05) is 42.8 Å². The van der Waals surface area contributed by atoms with Crippen LogP contribution in [0.4, 0.5) is 5.69 Å². The Bertz CT molecular complexity index is 825. The van der Waals surface area contributed by atoms with E-state index in [1.807, 2.05) is 23.1 Å². The summed E-state index contributed by atoms with van der Waals surface area (Å²) in [7, 11) is 1.64. The molecule has 0 amide bonds.